The molecule has 0 aromatic carbocycles. The van der Waals surface area contributed by atoms with E-state index in [-0.39, 0.29) is 5.75 Å². The minimum Gasteiger partial charge on any atom is -0.506 e. The Morgan fingerprint density at radius 1 is 1.55 bits per heavy atom. The van der Waals surface area contributed by atoms with Crippen LogP contribution >= 0.6 is 11.6 Å². The molecule has 0 unspecified atom stereocenters. The summed E-state index contributed by atoms with van der Waals surface area (Å²) in [6.45, 7) is 4.01. The summed E-state index contributed by atoms with van der Waals surface area (Å²) in [5.41, 5.74) is 0.824. The van der Waals surface area contributed by atoms with Gasteiger partial charge in [0, 0.05) is 6.07 Å². The molecule has 1 aromatic heterocycles. The van der Waals surface area contributed by atoms with Crippen LogP contribution in [0.25, 0.3) is 0 Å². The molecule has 0 bridgehead atoms. The summed E-state index contributed by atoms with van der Waals surface area (Å²) < 4.78 is 0. The Hall–Kier alpha value is -0.760. The molecule has 2 nitrogen and oxygen atoms in total. The Morgan fingerprint density at radius 3 is 2.64 bits per heavy atom. The second-order valence-corrected chi connectivity index (χ2v) is 3.12. The zero-order valence-electron chi connectivity index (χ0n) is 6.50. The average Bonchev–Trinajstić information content (AvgIpc) is 1.85. The highest BCUT2D eigenvalue weighted by Gasteiger charge is 2.06. The van der Waals surface area contributed by atoms with Crippen molar-refractivity contribution < 1.29 is 5.11 Å². The van der Waals surface area contributed by atoms with E-state index in [1.807, 2.05) is 13.8 Å². The van der Waals surface area contributed by atoms with E-state index < -0.39 is 0 Å². The maximum atomic E-state index is 8.97. The average molecular weight is 172 g/mol. The van der Waals surface area contributed by atoms with Crippen LogP contribution in [-0.2, 0) is 0 Å². The van der Waals surface area contributed by atoms with Crippen LogP contribution in [0.3, 0.4) is 0 Å². The van der Waals surface area contributed by atoms with Crippen molar-refractivity contribution in [1.82, 2.24) is 4.98 Å². The standard InChI is InChI=1S/C8H10ClNO/c1-5(2)8-7(9)3-6(11)4-10-8/h3-5,11H,1-2H3. The Morgan fingerprint density at radius 2 is 2.18 bits per heavy atom. The van der Waals surface area contributed by atoms with E-state index >= 15 is 0 Å². The molecule has 3 heteroatoms. The molecule has 0 spiro atoms. The lowest BCUT2D eigenvalue weighted by Crippen LogP contribution is -1.92. The van der Waals surface area contributed by atoms with Gasteiger partial charge >= 0.3 is 0 Å². The van der Waals surface area contributed by atoms with Crippen molar-refractivity contribution in [3.05, 3.63) is 23.0 Å². The third-order valence-corrected chi connectivity index (χ3v) is 1.70. The maximum Gasteiger partial charge on any atom is 0.135 e. The molecule has 0 saturated heterocycles. The van der Waals surface area contributed by atoms with Crippen LogP contribution in [0.4, 0.5) is 0 Å². The van der Waals surface area contributed by atoms with E-state index in [0.29, 0.717) is 10.9 Å². The smallest absolute Gasteiger partial charge is 0.135 e. The number of aromatic hydroxyl groups is 1. The van der Waals surface area contributed by atoms with Gasteiger partial charge in [0.15, 0.2) is 0 Å². The first-order valence-electron chi connectivity index (χ1n) is 3.45. The van der Waals surface area contributed by atoms with Crippen LogP contribution in [0.5, 0.6) is 5.75 Å². The third kappa shape index (κ3) is 1.84. The first-order valence-corrected chi connectivity index (χ1v) is 3.83. The third-order valence-electron chi connectivity index (χ3n) is 1.40. The topological polar surface area (TPSA) is 33.1 Å². The van der Waals surface area contributed by atoms with E-state index in [4.69, 9.17) is 16.7 Å². The molecule has 0 radical (unpaired) electrons. The summed E-state index contributed by atoms with van der Waals surface area (Å²) >= 11 is 5.80. The minimum atomic E-state index is 0.111. The lowest BCUT2D eigenvalue weighted by atomic mass is 10.1. The van der Waals surface area contributed by atoms with Crippen LogP contribution in [-0.4, -0.2) is 10.1 Å². The molecule has 0 amide bonds. The van der Waals surface area contributed by atoms with Gasteiger partial charge in [-0.3, -0.25) is 4.98 Å². The summed E-state index contributed by atoms with van der Waals surface area (Å²) in [6.07, 6.45) is 1.40. The van der Waals surface area contributed by atoms with E-state index in [1.54, 1.807) is 0 Å². The lowest BCUT2D eigenvalue weighted by molar-refractivity contribution is 0.472. The predicted molar refractivity (Wildman–Crippen MR) is 45.0 cm³/mol. The van der Waals surface area contributed by atoms with Crippen molar-refractivity contribution in [2.24, 2.45) is 0 Å². The second kappa shape index (κ2) is 3.09. The van der Waals surface area contributed by atoms with Gasteiger partial charge in [-0.05, 0) is 5.92 Å². The van der Waals surface area contributed by atoms with E-state index in [9.17, 15) is 0 Å². The monoisotopic (exact) mass is 171 g/mol. The highest BCUT2D eigenvalue weighted by Crippen LogP contribution is 2.24. The van der Waals surface area contributed by atoms with Crippen molar-refractivity contribution >= 4 is 11.6 Å². The van der Waals surface area contributed by atoms with Gasteiger partial charge in [0.2, 0.25) is 0 Å². The molecule has 11 heavy (non-hydrogen) atoms. The molecule has 1 heterocycles. The van der Waals surface area contributed by atoms with Gasteiger partial charge in [-0.2, -0.15) is 0 Å². The summed E-state index contributed by atoms with van der Waals surface area (Å²) in [5.74, 6) is 0.405. The van der Waals surface area contributed by atoms with Crippen molar-refractivity contribution in [3.8, 4) is 5.75 Å². The molecular weight excluding hydrogens is 162 g/mol. The maximum absolute atomic E-state index is 8.97. The zero-order chi connectivity index (χ0) is 8.43. The highest BCUT2D eigenvalue weighted by molar-refractivity contribution is 6.31. The molecule has 0 aliphatic heterocycles. The van der Waals surface area contributed by atoms with Gasteiger partial charge in [0.1, 0.15) is 5.75 Å². The number of hydrogen-bond acceptors (Lipinski definition) is 2. The number of hydrogen-bond donors (Lipinski definition) is 1. The van der Waals surface area contributed by atoms with Gasteiger partial charge in [0.25, 0.3) is 0 Å². The number of aromatic nitrogens is 1. The fraction of sp³-hybridized carbons (Fsp3) is 0.375. The summed E-state index contributed by atoms with van der Waals surface area (Å²) in [6, 6.07) is 1.50. The van der Waals surface area contributed by atoms with Gasteiger partial charge in [-0.25, -0.2) is 0 Å². The molecule has 1 rings (SSSR count). The quantitative estimate of drug-likeness (QED) is 0.705. The normalized spacial score (nSPS) is 10.5. The number of nitrogens with zero attached hydrogens (tertiary/aromatic N) is 1. The lowest BCUT2D eigenvalue weighted by Gasteiger charge is -2.05. The summed E-state index contributed by atoms with van der Waals surface area (Å²) in [7, 11) is 0. The van der Waals surface area contributed by atoms with Gasteiger partial charge in [-0.15, -0.1) is 0 Å². The van der Waals surface area contributed by atoms with Crippen LogP contribution in [0, 0.1) is 0 Å². The predicted octanol–water partition coefficient (Wildman–Crippen LogP) is 2.56. The molecule has 0 fully saturated rings. The second-order valence-electron chi connectivity index (χ2n) is 2.72. The van der Waals surface area contributed by atoms with Crippen LogP contribution in [0.1, 0.15) is 25.5 Å². The number of halogens is 1. The summed E-state index contributed by atoms with van der Waals surface area (Å²) in [5, 5.41) is 9.50. The zero-order valence-corrected chi connectivity index (χ0v) is 7.26. The Kier molecular flexibility index (Phi) is 2.35. The van der Waals surface area contributed by atoms with Gasteiger partial charge in [-0.1, -0.05) is 25.4 Å². The SMILES string of the molecule is CC(C)c1ncc(O)cc1Cl. The van der Waals surface area contributed by atoms with Crippen LogP contribution in [0.15, 0.2) is 12.3 Å². The summed E-state index contributed by atoms with van der Waals surface area (Å²) in [4.78, 5) is 4.00. The van der Waals surface area contributed by atoms with Crippen molar-refractivity contribution in [3.63, 3.8) is 0 Å². The molecule has 0 saturated carbocycles. The molecule has 0 atom stereocenters. The first kappa shape index (κ1) is 8.34. The van der Waals surface area contributed by atoms with E-state index in [0.717, 1.165) is 5.69 Å². The minimum absolute atomic E-state index is 0.111. The first-order chi connectivity index (χ1) is 5.11. The largest absolute Gasteiger partial charge is 0.506 e. The number of pyridine rings is 1. The Balaban J connectivity index is 3.09. The fourth-order valence-corrected chi connectivity index (χ4v) is 1.24. The van der Waals surface area contributed by atoms with Crippen LogP contribution in [0.2, 0.25) is 5.02 Å². The van der Waals surface area contributed by atoms with Gasteiger partial charge in [0.05, 0.1) is 16.9 Å². The van der Waals surface area contributed by atoms with Crippen molar-refractivity contribution in [1.29, 1.82) is 0 Å². The molecular formula is C8H10ClNO. The van der Waals surface area contributed by atoms with E-state index in [1.165, 1.54) is 12.3 Å². The molecule has 60 valence electrons. The van der Waals surface area contributed by atoms with E-state index in [2.05, 4.69) is 4.98 Å². The highest BCUT2D eigenvalue weighted by atomic mass is 35.5. The Bertz CT molecular complexity index is 260. The van der Waals surface area contributed by atoms with Crippen LogP contribution < -0.4 is 0 Å². The molecule has 1 aromatic rings. The Labute approximate surface area is 70.8 Å². The molecule has 0 aliphatic carbocycles. The molecule has 1 N–H and O–H groups in total. The van der Waals surface area contributed by atoms with Gasteiger partial charge < -0.3 is 5.11 Å². The number of rotatable bonds is 1. The van der Waals surface area contributed by atoms with Crippen molar-refractivity contribution in [2.75, 3.05) is 0 Å². The molecule has 0 aliphatic rings. The fourth-order valence-electron chi connectivity index (χ4n) is 0.863. The van der Waals surface area contributed by atoms with Crippen molar-refractivity contribution in [2.45, 2.75) is 19.8 Å².